The summed E-state index contributed by atoms with van der Waals surface area (Å²) in [6.07, 6.45) is 3.69. The van der Waals surface area contributed by atoms with Crippen LogP contribution in [-0.4, -0.2) is 18.2 Å². The Labute approximate surface area is 82.6 Å². The molecule has 0 amide bonds. The van der Waals surface area contributed by atoms with E-state index in [1.807, 2.05) is 25.1 Å². The Morgan fingerprint density at radius 3 is 2.71 bits per heavy atom. The molecule has 0 bridgehead atoms. The zero-order valence-corrected chi connectivity index (χ0v) is 8.15. The molecule has 1 N–H and O–H groups in total. The van der Waals surface area contributed by atoms with Gasteiger partial charge in [0, 0.05) is 0 Å². The maximum absolute atomic E-state index is 10.8. The molecule has 14 heavy (non-hydrogen) atoms. The average Bonchev–Trinajstić information content (AvgIpc) is 2.18. The Balaban J connectivity index is 3.20. The van der Waals surface area contributed by atoms with Crippen molar-refractivity contribution in [3.05, 3.63) is 35.4 Å². The van der Waals surface area contributed by atoms with Crippen molar-refractivity contribution in [3.63, 3.8) is 0 Å². The summed E-state index contributed by atoms with van der Waals surface area (Å²) in [5, 5.41) is 8.89. The first-order chi connectivity index (χ1) is 6.69. The minimum absolute atomic E-state index is 0.183. The zero-order chi connectivity index (χ0) is 10.6. The van der Waals surface area contributed by atoms with Crippen LogP contribution in [0.5, 0.6) is 5.75 Å². The van der Waals surface area contributed by atoms with Gasteiger partial charge in [-0.25, -0.2) is 4.79 Å². The van der Waals surface area contributed by atoms with E-state index in [9.17, 15) is 4.79 Å². The minimum atomic E-state index is -0.979. The molecule has 0 aliphatic heterocycles. The van der Waals surface area contributed by atoms with Crippen LogP contribution >= 0.6 is 0 Å². The molecule has 0 unspecified atom stereocenters. The van der Waals surface area contributed by atoms with E-state index >= 15 is 0 Å². The molecule has 0 aliphatic rings. The van der Waals surface area contributed by atoms with Gasteiger partial charge in [-0.15, -0.1) is 0 Å². The second kappa shape index (κ2) is 4.46. The largest absolute Gasteiger partial charge is 0.496 e. The number of allylic oxidation sites excluding steroid dienone is 1. The fourth-order valence-electron chi connectivity index (χ4n) is 1.19. The standard InChI is InChI=1S/C11H12O3/c1-3-4-8-5-6-10(14-2)9(7-8)11(12)13/h3-7H,1-2H3,(H,12,13). The van der Waals surface area contributed by atoms with E-state index in [-0.39, 0.29) is 5.56 Å². The van der Waals surface area contributed by atoms with Crippen LogP contribution in [0.15, 0.2) is 24.3 Å². The van der Waals surface area contributed by atoms with Gasteiger partial charge in [0.2, 0.25) is 0 Å². The molecule has 0 aliphatic carbocycles. The topological polar surface area (TPSA) is 46.5 Å². The van der Waals surface area contributed by atoms with Gasteiger partial charge in [-0.3, -0.25) is 0 Å². The van der Waals surface area contributed by atoms with Crippen LogP contribution < -0.4 is 4.74 Å². The van der Waals surface area contributed by atoms with Crippen molar-refractivity contribution in [2.24, 2.45) is 0 Å². The van der Waals surface area contributed by atoms with E-state index in [2.05, 4.69) is 0 Å². The van der Waals surface area contributed by atoms with Crippen LogP contribution in [0, 0.1) is 0 Å². The third-order valence-corrected chi connectivity index (χ3v) is 1.81. The van der Waals surface area contributed by atoms with Gasteiger partial charge < -0.3 is 9.84 Å². The van der Waals surface area contributed by atoms with Crippen molar-refractivity contribution in [1.29, 1.82) is 0 Å². The summed E-state index contributed by atoms with van der Waals surface area (Å²) < 4.78 is 4.93. The number of carboxylic acid groups (broad SMARTS) is 1. The second-order valence-electron chi connectivity index (χ2n) is 2.76. The molecular weight excluding hydrogens is 180 g/mol. The predicted molar refractivity (Wildman–Crippen MR) is 54.7 cm³/mol. The molecule has 0 radical (unpaired) electrons. The Kier molecular flexibility index (Phi) is 3.29. The quantitative estimate of drug-likeness (QED) is 0.800. The van der Waals surface area contributed by atoms with E-state index in [1.165, 1.54) is 7.11 Å². The van der Waals surface area contributed by atoms with Crippen LogP contribution in [0.3, 0.4) is 0 Å². The second-order valence-corrected chi connectivity index (χ2v) is 2.76. The Bertz CT molecular complexity index is 367. The molecule has 0 spiro atoms. The third kappa shape index (κ3) is 2.13. The lowest BCUT2D eigenvalue weighted by Crippen LogP contribution is -2.00. The molecule has 0 atom stereocenters. The third-order valence-electron chi connectivity index (χ3n) is 1.81. The van der Waals surface area contributed by atoms with Crippen LogP contribution in [0.25, 0.3) is 6.08 Å². The summed E-state index contributed by atoms with van der Waals surface area (Å²) in [6, 6.07) is 5.05. The Hall–Kier alpha value is -1.77. The molecule has 74 valence electrons. The van der Waals surface area contributed by atoms with Crippen molar-refractivity contribution in [1.82, 2.24) is 0 Å². The number of aromatic carboxylic acids is 1. The molecule has 0 aromatic heterocycles. The van der Waals surface area contributed by atoms with Gasteiger partial charge in [-0.2, -0.15) is 0 Å². The monoisotopic (exact) mass is 192 g/mol. The Morgan fingerprint density at radius 1 is 1.50 bits per heavy atom. The number of methoxy groups -OCH3 is 1. The van der Waals surface area contributed by atoms with Crippen molar-refractivity contribution in [3.8, 4) is 5.75 Å². The van der Waals surface area contributed by atoms with Gasteiger partial charge in [0.25, 0.3) is 0 Å². The molecule has 0 saturated heterocycles. The first kappa shape index (κ1) is 10.3. The van der Waals surface area contributed by atoms with Crippen LogP contribution in [-0.2, 0) is 0 Å². The fraction of sp³-hybridized carbons (Fsp3) is 0.182. The summed E-state index contributed by atoms with van der Waals surface area (Å²) in [7, 11) is 1.46. The summed E-state index contributed by atoms with van der Waals surface area (Å²) in [4.78, 5) is 10.8. The van der Waals surface area contributed by atoms with Gasteiger partial charge in [-0.05, 0) is 24.6 Å². The normalized spacial score (nSPS) is 10.4. The van der Waals surface area contributed by atoms with Crippen LogP contribution in [0.1, 0.15) is 22.8 Å². The average molecular weight is 192 g/mol. The maximum atomic E-state index is 10.8. The van der Waals surface area contributed by atoms with Gasteiger partial charge in [0.1, 0.15) is 11.3 Å². The van der Waals surface area contributed by atoms with Gasteiger partial charge in [0.05, 0.1) is 7.11 Å². The summed E-state index contributed by atoms with van der Waals surface area (Å²) in [5.74, 6) is -0.598. The summed E-state index contributed by atoms with van der Waals surface area (Å²) >= 11 is 0. The number of hydrogen-bond donors (Lipinski definition) is 1. The number of carboxylic acids is 1. The van der Waals surface area contributed by atoms with Crippen molar-refractivity contribution < 1.29 is 14.6 Å². The van der Waals surface area contributed by atoms with E-state index < -0.39 is 5.97 Å². The molecular formula is C11H12O3. The van der Waals surface area contributed by atoms with E-state index in [0.29, 0.717) is 5.75 Å². The lowest BCUT2D eigenvalue weighted by molar-refractivity contribution is 0.0693. The van der Waals surface area contributed by atoms with E-state index in [1.54, 1.807) is 12.1 Å². The number of benzene rings is 1. The smallest absolute Gasteiger partial charge is 0.339 e. The highest BCUT2D eigenvalue weighted by Crippen LogP contribution is 2.20. The van der Waals surface area contributed by atoms with E-state index in [4.69, 9.17) is 9.84 Å². The first-order valence-corrected chi connectivity index (χ1v) is 4.23. The van der Waals surface area contributed by atoms with Crippen LogP contribution in [0.4, 0.5) is 0 Å². The van der Waals surface area contributed by atoms with Gasteiger partial charge in [-0.1, -0.05) is 18.2 Å². The number of ether oxygens (including phenoxy) is 1. The van der Waals surface area contributed by atoms with Crippen LogP contribution in [0.2, 0.25) is 0 Å². The molecule has 1 aromatic carbocycles. The van der Waals surface area contributed by atoms with Crippen molar-refractivity contribution >= 4 is 12.0 Å². The molecule has 1 aromatic rings. The predicted octanol–water partition coefficient (Wildman–Crippen LogP) is 2.43. The van der Waals surface area contributed by atoms with Crippen molar-refractivity contribution in [2.45, 2.75) is 6.92 Å². The molecule has 3 heteroatoms. The molecule has 0 heterocycles. The minimum Gasteiger partial charge on any atom is -0.496 e. The summed E-state index contributed by atoms with van der Waals surface area (Å²) in [6.45, 7) is 1.88. The molecule has 1 rings (SSSR count). The zero-order valence-electron chi connectivity index (χ0n) is 8.15. The highest BCUT2D eigenvalue weighted by atomic mass is 16.5. The number of hydrogen-bond acceptors (Lipinski definition) is 2. The lowest BCUT2D eigenvalue weighted by atomic mass is 10.1. The Morgan fingerprint density at radius 2 is 2.21 bits per heavy atom. The highest BCUT2D eigenvalue weighted by Gasteiger charge is 2.10. The first-order valence-electron chi connectivity index (χ1n) is 4.23. The molecule has 3 nitrogen and oxygen atoms in total. The van der Waals surface area contributed by atoms with E-state index in [0.717, 1.165) is 5.56 Å². The maximum Gasteiger partial charge on any atom is 0.339 e. The highest BCUT2D eigenvalue weighted by molar-refractivity contribution is 5.91. The number of rotatable bonds is 3. The van der Waals surface area contributed by atoms with Gasteiger partial charge >= 0.3 is 5.97 Å². The number of carbonyl (C=O) groups is 1. The SMILES string of the molecule is CC=Cc1ccc(OC)c(C(=O)O)c1. The van der Waals surface area contributed by atoms with Crippen molar-refractivity contribution in [2.75, 3.05) is 7.11 Å². The van der Waals surface area contributed by atoms with Gasteiger partial charge in [0.15, 0.2) is 0 Å². The summed E-state index contributed by atoms with van der Waals surface area (Å²) in [5.41, 5.74) is 1.04. The lowest BCUT2D eigenvalue weighted by Gasteiger charge is -2.05. The molecule has 0 saturated carbocycles. The fourth-order valence-corrected chi connectivity index (χ4v) is 1.19. The molecule has 0 fully saturated rings.